The van der Waals surface area contributed by atoms with Gasteiger partial charge in [-0.1, -0.05) is 30.0 Å². The lowest BCUT2D eigenvalue weighted by molar-refractivity contribution is 0.414. The van der Waals surface area contributed by atoms with Crippen LogP contribution in [-0.4, -0.2) is 34.0 Å². The molecule has 2 aromatic carbocycles. The molecule has 0 aliphatic carbocycles. The minimum absolute atomic E-state index is 0.702. The number of pyridine rings is 1. The van der Waals surface area contributed by atoms with E-state index in [1.165, 1.54) is 5.56 Å². The maximum absolute atomic E-state index is 5.29. The highest BCUT2D eigenvalue weighted by atomic mass is 32.2. The zero-order valence-electron chi connectivity index (χ0n) is 16.1. The molecule has 0 saturated carbocycles. The quantitative estimate of drug-likeness (QED) is 0.418. The third-order valence-electron chi connectivity index (χ3n) is 4.38. The van der Waals surface area contributed by atoms with Crippen molar-refractivity contribution in [3.05, 3.63) is 78.5 Å². The van der Waals surface area contributed by atoms with Crippen LogP contribution >= 0.6 is 11.8 Å². The molecule has 2 aromatic heterocycles. The second kappa shape index (κ2) is 8.79. The molecule has 0 saturated heterocycles. The number of benzene rings is 2. The van der Waals surface area contributed by atoms with Crippen molar-refractivity contribution in [2.24, 2.45) is 0 Å². The van der Waals surface area contributed by atoms with E-state index in [9.17, 15) is 0 Å². The molecule has 4 rings (SSSR count). The van der Waals surface area contributed by atoms with Gasteiger partial charge >= 0.3 is 0 Å². The van der Waals surface area contributed by atoms with Gasteiger partial charge in [0, 0.05) is 11.9 Å². The Hall–Kier alpha value is -3.32. The van der Waals surface area contributed by atoms with Crippen molar-refractivity contribution >= 4 is 11.8 Å². The van der Waals surface area contributed by atoms with E-state index in [0.29, 0.717) is 5.82 Å². The largest absolute Gasteiger partial charge is 0.497 e. The Labute approximate surface area is 173 Å². The van der Waals surface area contributed by atoms with Crippen molar-refractivity contribution < 1.29 is 9.47 Å². The topological polar surface area (TPSA) is 62.1 Å². The molecule has 29 heavy (non-hydrogen) atoms. The number of hydrogen-bond donors (Lipinski definition) is 0. The van der Waals surface area contributed by atoms with Crippen molar-refractivity contribution in [3.8, 4) is 28.7 Å². The van der Waals surface area contributed by atoms with Gasteiger partial charge in [0.2, 0.25) is 0 Å². The molecule has 0 spiro atoms. The molecule has 0 N–H and O–H groups in total. The molecule has 0 atom stereocenters. The first kappa shape index (κ1) is 19.0. The maximum Gasteiger partial charge on any atom is 0.196 e. The van der Waals surface area contributed by atoms with E-state index in [1.807, 2.05) is 59.2 Å². The second-order valence-corrected chi connectivity index (χ2v) is 7.13. The van der Waals surface area contributed by atoms with Crippen LogP contribution in [-0.2, 0) is 5.75 Å². The Bertz CT molecular complexity index is 1060. The van der Waals surface area contributed by atoms with Crippen molar-refractivity contribution in [2.45, 2.75) is 10.9 Å². The molecule has 6 nitrogen and oxygen atoms in total. The predicted octanol–water partition coefficient (Wildman–Crippen LogP) is 4.64. The first-order valence-electron chi connectivity index (χ1n) is 9.05. The summed E-state index contributed by atoms with van der Waals surface area (Å²) in [6, 6.07) is 21.6. The van der Waals surface area contributed by atoms with Gasteiger partial charge in [0.1, 0.15) is 17.2 Å². The number of aromatic nitrogens is 4. The molecular weight excluding hydrogens is 384 g/mol. The molecule has 7 heteroatoms. The number of ether oxygens (including phenoxy) is 2. The first-order valence-corrected chi connectivity index (χ1v) is 10.0. The van der Waals surface area contributed by atoms with Crippen molar-refractivity contribution in [2.75, 3.05) is 14.2 Å². The van der Waals surface area contributed by atoms with Crippen LogP contribution in [0, 0.1) is 0 Å². The van der Waals surface area contributed by atoms with Gasteiger partial charge in [0.15, 0.2) is 11.0 Å². The van der Waals surface area contributed by atoms with Crippen molar-refractivity contribution in [1.29, 1.82) is 0 Å². The molecule has 2 heterocycles. The Morgan fingerprint density at radius 3 is 2.14 bits per heavy atom. The van der Waals surface area contributed by atoms with Crippen molar-refractivity contribution in [1.82, 2.24) is 19.7 Å². The highest BCUT2D eigenvalue weighted by Crippen LogP contribution is 2.30. The van der Waals surface area contributed by atoms with Crippen LogP contribution in [0.1, 0.15) is 5.56 Å². The summed E-state index contributed by atoms with van der Waals surface area (Å²) in [5, 5.41) is 9.66. The van der Waals surface area contributed by atoms with Gasteiger partial charge in [0.05, 0.1) is 19.9 Å². The number of methoxy groups -OCH3 is 2. The predicted molar refractivity (Wildman–Crippen MR) is 114 cm³/mol. The Morgan fingerprint density at radius 1 is 0.828 bits per heavy atom. The molecule has 4 aromatic rings. The minimum Gasteiger partial charge on any atom is -0.497 e. The van der Waals surface area contributed by atoms with Gasteiger partial charge in [-0.2, -0.15) is 0 Å². The zero-order chi connectivity index (χ0) is 20.1. The molecule has 0 aliphatic rings. The highest BCUT2D eigenvalue weighted by Gasteiger charge is 2.17. The molecule has 0 aliphatic heterocycles. The third-order valence-corrected chi connectivity index (χ3v) is 5.39. The van der Waals surface area contributed by atoms with Crippen LogP contribution in [0.5, 0.6) is 11.5 Å². The number of rotatable bonds is 7. The Morgan fingerprint density at radius 2 is 1.52 bits per heavy atom. The average Bonchev–Trinajstić information content (AvgIpc) is 3.22. The Balaban J connectivity index is 1.68. The van der Waals surface area contributed by atoms with E-state index >= 15 is 0 Å². The monoisotopic (exact) mass is 404 g/mol. The van der Waals surface area contributed by atoms with Gasteiger partial charge in [-0.3, -0.25) is 9.55 Å². The number of hydrogen-bond acceptors (Lipinski definition) is 6. The van der Waals surface area contributed by atoms with Crippen LogP contribution in [0.4, 0.5) is 0 Å². The van der Waals surface area contributed by atoms with E-state index < -0.39 is 0 Å². The summed E-state index contributed by atoms with van der Waals surface area (Å²) in [7, 11) is 3.32. The molecule has 0 bridgehead atoms. The van der Waals surface area contributed by atoms with Gasteiger partial charge in [-0.25, -0.2) is 0 Å². The van der Waals surface area contributed by atoms with E-state index in [-0.39, 0.29) is 0 Å². The SMILES string of the molecule is COc1ccc(CSc2nnc(-c3ccccn3)n2-c2ccc(OC)cc2)cc1. The standard InChI is InChI=1S/C22H20N4O2S/c1-27-18-10-6-16(7-11-18)15-29-22-25-24-21(20-5-3-4-14-23-20)26(22)17-8-12-19(28-2)13-9-17/h3-14H,15H2,1-2H3. The summed E-state index contributed by atoms with van der Waals surface area (Å²) in [6.45, 7) is 0. The molecular formula is C22H20N4O2S. The summed E-state index contributed by atoms with van der Waals surface area (Å²) < 4.78 is 12.5. The highest BCUT2D eigenvalue weighted by molar-refractivity contribution is 7.98. The van der Waals surface area contributed by atoms with Gasteiger partial charge in [-0.05, 0) is 54.1 Å². The van der Waals surface area contributed by atoms with E-state index in [2.05, 4.69) is 27.3 Å². The summed E-state index contributed by atoms with van der Waals surface area (Å²) in [5.41, 5.74) is 2.90. The second-order valence-electron chi connectivity index (χ2n) is 6.19. The first-order chi connectivity index (χ1) is 14.3. The van der Waals surface area contributed by atoms with E-state index in [1.54, 1.807) is 32.2 Å². The van der Waals surface area contributed by atoms with Crippen molar-refractivity contribution in [3.63, 3.8) is 0 Å². The zero-order valence-corrected chi connectivity index (χ0v) is 17.0. The van der Waals surface area contributed by atoms with Crippen LogP contribution in [0.25, 0.3) is 17.2 Å². The fourth-order valence-corrected chi connectivity index (χ4v) is 3.77. The molecule has 0 unspecified atom stereocenters. The average molecular weight is 404 g/mol. The van der Waals surface area contributed by atoms with Gasteiger partial charge < -0.3 is 9.47 Å². The molecule has 0 radical (unpaired) electrons. The van der Waals surface area contributed by atoms with Crippen LogP contribution in [0.3, 0.4) is 0 Å². The summed E-state index contributed by atoms with van der Waals surface area (Å²) in [5.74, 6) is 3.11. The smallest absolute Gasteiger partial charge is 0.196 e. The molecule has 0 fully saturated rings. The summed E-state index contributed by atoms with van der Waals surface area (Å²) >= 11 is 1.62. The number of nitrogens with zero attached hydrogens (tertiary/aromatic N) is 4. The lowest BCUT2D eigenvalue weighted by Gasteiger charge is -2.11. The minimum atomic E-state index is 0.702. The third kappa shape index (κ3) is 4.25. The van der Waals surface area contributed by atoms with E-state index in [4.69, 9.17) is 9.47 Å². The van der Waals surface area contributed by atoms with Crippen LogP contribution in [0.15, 0.2) is 78.1 Å². The number of thioether (sulfide) groups is 1. The maximum atomic E-state index is 5.29. The molecule has 0 amide bonds. The fourth-order valence-electron chi connectivity index (χ4n) is 2.86. The van der Waals surface area contributed by atoms with Gasteiger partial charge in [-0.15, -0.1) is 10.2 Å². The normalized spacial score (nSPS) is 10.7. The van der Waals surface area contributed by atoms with Crippen LogP contribution < -0.4 is 9.47 Å². The van der Waals surface area contributed by atoms with E-state index in [0.717, 1.165) is 33.8 Å². The molecule has 146 valence electrons. The summed E-state index contributed by atoms with van der Waals surface area (Å²) in [4.78, 5) is 4.45. The van der Waals surface area contributed by atoms with Gasteiger partial charge in [0.25, 0.3) is 0 Å². The lowest BCUT2D eigenvalue weighted by Crippen LogP contribution is -2.01. The lowest BCUT2D eigenvalue weighted by atomic mass is 10.2. The summed E-state index contributed by atoms with van der Waals surface area (Å²) in [6.07, 6.45) is 1.76. The van der Waals surface area contributed by atoms with Crippen LogP contribution in [0.2, 0.25) is 0 Å². The Kier molecular flexibility index (Phi) is 5.76. The fraction of sp³-hybridized carbons (Fsp3) is 0.136.